The molecule has 3 N–H and O–H groups in total. The third kappa shape index (κ3) is 3.51. The molecule has 0 aliphatic heterocycles. The maximum absolute atomic E-state index is 12.6. The van der Waals surface area contributed by atoms with Gasteiger partial charge in [-0.15, -0.1) is 0 Å². The molecule has 3 aromatic rings. The van der Waals surface area contributed by atoms with Crippen LogP contribution in [0.5, 0.6) is 0 Å². The Balaban J connectivity index is 1.78. The molecule has 8 heteroatoms. The third-order valence-corrected chi connectivity index (χ3v) is 4.25. The van der Waals surface area contributed by atoms with Gasteiger partial charge in [-0.05, 0) is 31.2 Å². The summed E-state index contributed by atoms with van der Waals surface area (Å²) in [5.74, 6) is -0.688. The van der Waals surface area contributed by atoms with Crippen molar-refractivity contribution in [2.75, 3.05) is 0 Å². The Bertz CT molecular complexity index is 959. The van der Waals surface area contributed by atoms with Gasteiger partial charge in [-0.2, -0.15) is 5.10 Å². The smallest absolute Gasteiger partial charge is 0.268 e. The zero-order valence-corrected chi connectivity index (χ0v) is 14.6. The minimum absolute atomic E-state index is 0.00459. The molecular weight excluding hydrogens is 342 g/mol. The molecule has 0 bridgehead atoms. The number of aromatic nitrogens is 3. The fourth-order valence-corrected chi connectivity index (χ4v) is 2.89. The quantitative estimate of drug-likeness (QED) is 0.729. The van der Waals surface area contributed by atoms with Gasteiger partial charge >= 0.3 is 0 Å². The lowest BCUT2D eigenvalue weighted by Gasteiger charge is -2.12. The number of nitrogens with one attached hydrogen (secondary N) is 1. The summed E-state index contributed by atoms with van der Waals surface area (Å²) in [7, 11) is 1.82. The SMILES string of the molecule is CC(NC(=O)c1cc2ccc(Cl)cc2n1C)c1ccn(CC(N)=O)n1. The minimum Gasteiger partial charge on any atom is -0.368 e. The summed E-state index contributed by atoms with van der Waals surface area (Å²) in [4.78, 5) is 23.6. The number of nitrogens with two attached hydrogens (primary N) is 1. The Kier molecular flexibility index (Phi) is 4.50. The number of nitrogens with zero attached hydrogens (tertiary/aromatic N) is 3. The first kappa shape index (κ1) is 17.0. The van der Waals surface area contributed by atoms with Gasteiger partial charge in [0.25, 0.3) is 5.91 Å². The van der Waals surface area contributed by atoms with Crippen molar-refractivity contribution >= 4 is 34.3 Å². The summed E-state index contributed by atoms with van der Waals surface area (Å²) >= 11 is 6.02. The summed E-state index contributed by atoms with van der Waals surface area (Å²) in [6.45, 7) is 1.83. The monoisotopic (exact) mass is 359 g/mol. The van der Waals surface area contributed by atoms with Gasteiger partial charge in [0.1, 0.15) is 12.2 Å². The van der Waals surface area contributed by atoms with Gasteiger partial charge in [0.2, 0.25) is 5.91 Å². The highest BCUT2D eigenvalue weighted by Crippen LogP contribution is 2.23. The second kappa shape index (κ2) is 6.60. The number of rotatable bonds is 5. The first-order valence-electron chi connectivity index (χ1n) is 7.72. The first-order chi connectivity index (χ1) is 11.8. The summed E-state index contributed by atoms with van der Waals surface area (Å²) < 4.78 is 3.24. The van der Waals surface area contributed by atoms with E-state index < -0.39 is 5.91 Å². The number of hydrogen-bond donors (Lipinski definition) is 2. The van der Waals surface area contributed by atoms with E-state index in [1.165, 1.54) is 4.68 Å². The van der Waals surface area contributed by atoms with Crippen molar-refractivity contribution in [2.45, 2.75) is 19.5 Å². The molecule has 0 saturated carbocycles. The van der Waals surface area contributed by atoms with Crippen LogP contribution in [0.15, 0.2) is 36.5 Å². The van der Waals surface area contributed by atoms with Gasteiger partial charge in [-0.1, -0.05) is 17.7 Å². The van der Waals surface area contributed by atoms with Crippen LogP contribution in [0.3, 0.4) is 0 Å². The van der Waals surface area contributed by atoms with E-state index in [0.717, 1.165) is 10.9 Å². The summed E-state index contributed by atoms with van der Waals surface area (Å²) in [6, 6.07) is 8.74. The standard InChI is InChI=1S/C17H18ClN5O2/c1-10(13-5-6-23(21-13)9-16(19)24)20-17(25)15-7-11-3-4-12(18)8-14(11)22(15)2/h3-8,10H,9H2,1-2H3,(H2,19,24)(H,20,25). The van der Waals surface area contributed by atoms with Crippen molar-refractivity contribution < 1.29 is 9.59 Å². The molecule has 1 atom stereocenters. The summed E-state index contributed by atoms with van der Waals surface area (Å²) in [5, 5.41) is 8.72. The molecule has 7 nitrogen and oxygen atoms in total. The van der Waals surface area contributed by atoms with E-state index in [1.807, 2.05) is 32.2 Å². The molecule has 0 fully saturated rings. The number of aryl methyl sites for hydroxylation is 1. The molecule has 3 rings (SSSR count). The van der Waals surface area contributed by atoms with E-state index in [-0.39, 0.29) is 18.5 Å². The van der Waals surface area contributed by atoms with Crippen molar-refractivity contribution in [3.63, 3.8) is 0 Å². The average Bonchev–Trinajstić information content (AvgIpc) is 3.12. The van der Waals surface area contributed by atoms with E-state index >= 15 is 0 Å². The second-order valence-corrected chi connectivity index (χ2v) is 6.33. The molecule has 1 aromatic carbocycles. The van der Waals surface area contributed by atoms with Crippen LogP contribution in [-0.2, 0) is 18.4 Å². The lowest BCUT2D eigenvalue weighted by molar-refractivity contribution is -0.118. The van der Waals surface area contributed by atoms with Crippen molar-refractivity contribution in [2.24, 2.45) is 12.8 Å². The van der Waals surface area contributed by atoms with Crippen LogP contribution in [0.1, 0.15) is 29.1 Å². The van der Waals surface area contributed by atoms with Crippen LogP contribution >= 0.6 is 11.6 Å². The third-order valence-electron chi connectivity index (χ3n) is 4.01. The van der Waals surface area contributed by atoms with E-state index in [9.17, 15) is 9.59 Å². The Morgan fingerprint density at radius 1 is 1.32 bits per heavy atom. The number of carbonyl (C=O) groups is 2. The highest BCUT2D eigenvalue weighted by Gasteiger charge is 2.18. The Morgan fingerprint density at radius 3 is 2.80 bits per heavy atom. The summed E-state index contributed by atoms with van der Waals surface area (Å²) in [5.41, 5.74) is 7.21. The van der Waals surface area contributed by atoms with Crippen LogP contribution in [-0.4, -0.2) is 26.2 Å². The van der Waals surface area contributed by atoms with Crippen molar-refractivity contribution in [3.8, 4) is 0 Å². The van der Waals surface area contributed by atoms with Crippen LogP contribution < -0.4 is 11.1 Å². The molecule has 0 saturated heterocycles. The zero-order chi connectivity index (χ0) is 18.1. The van der Waals surface area contributed by atoms with E-state index in [0.29, 0.717) is 16.4 Å². The van der Waals surface area contributed by atoms with Gasteiger partial charge in [0.05, 0.1) is 11.7 Å². The van der Waals surface area contributed by atoms with Crippen LogP contribution in [0, 0.1) is 0 Å². The fraction of sp³-hybridized carbons (Fsp3) is 0.235. The summed E-state index contributed by atoms with van der Waals surface area (Å²) in [6.07, 6.45) is 1.65. The highest BCUT2D eigenvalue weighted by molar-refractivity contribution is 6.31. The predicted molar refractivity (Wildman–Crippen MR) is 95.2 cm³/mol. The lowest BCUT2D eigenvalue weighted by atomic mass is 10.2. The van der Waals surface area contributed by atoms with Gasteiger partial charge in [0.15, 0.2) is 0 Å². The molecule has 0 aliphatic carbocycles. The first-order valence-corrected chi connectivity index (χ1v) is 8.10. The number of amides is 2. The van der Waals surface area contributed by atoms with Crippen LogP contribution in [0.4, 0.5) is 0 Å². The van der Waals surface area contributed by atoms with E-state index in [4.69, 9.17) is 17.3 Å². The van der Waals surface area contributed by atoms with Crippen LogP contribution in [0.2, 0.25) is 5.02 Å². The Morgan fingerprint density at radius 2 is 2.08 bits per heavy atom. The molecule has 0 aliphatic rings. The lowest BCUT2D eigenvalue weighted by Crippen LogP contribution is -2.28. The molecule has 0 radical (unpaired) electrons. The maximum atomic E-state index is 12.6. The van der Waals surface area contributed by atoms with Crippen molar-refractivity contribution in [1.29, 1.82) is 0 Å². The molecule has 2 aromatic heterocycles. The molecule has 130 valence electrons. The molecule has 25 heavy (non-hydrogen) atoms. The minimum atomic E-state index is -0.472. The number of benzene rings is 1. The highest BCUT2D eigenvalue weighted by atomic mass is 35.5. The number of halogens is 1. The van der Waals surface area contributed by atoms with Gasteiger partial charge in [0, 0.05) is 29.2 Å². The molecule has 1 unspecified atom stereocenters. The second-order valence-electron chi connectivity index (χ2n) is 5.89. The Labute approximate surface area is 149 Å². The average molecular weight is 360 g/mol. The van der Waals surface area contributed by atoms with Crippen LogP contribution in [0.25, 0.3) is 10.9 Å². The predicted octanol–water partition coefficient (Wildman–Crippen LogP) is 2.00. The number of primary amides is 1. The maximum Gasteiger partial charge on any atom is 0.268 e. The topological polar surface area (TPSA) is 94.9 Å². The number of carbonyl (C=O) groups excluding carboxylic acids is 2. The molecule has 0 spiro atoms. The molecule has 2 amide bonds. The number of fused-ring (bicyclic) bond motifs is 1. The molecule has 2 heterocycles. The van der Waals surface area contributed by atoms with Crippen molar-refractivity contribution in [3.05, 3.63) is 52.9 Å². The van der Waals surface area contributed by atoms with Crippen molar-refractivity contribution in [1.82, 2.24) is 19.7 Å². The largest absolute Gasteiger partial charge is 0.368 e. The molecular formula is C17H18ClN5O2. The fourth-order valence-electron chi connectivity index (χ4n) is 2.72. The van der Waals surface area contributed by atoms with E-state index in [1.54, 1.807) is 22.9 Å². The number of hydrogen-bond acceptors (Lipinski definition) is 3. The Hall–Kier alpha value is -2.80. The van der Waals surface area contributed by atoms with E-state index in [2.05, 4.69) is 10.4 Å². The van der Waals surface area contributed by atoms with Gasteiger partial charge in [-0.3, -0.25) is 14.3 Å². The van der Waals surface area contributed by atoms with Gasteiger partial charge < -0.3 is 15.6 Å². The normalized spacial score (nSPS) is 12.3. The van der Waals surface area contributed by atoms with Gasteiger partial charge in [-0.25, -0.2) is 0 Å². The zero-order valence-electron chi connectivity index (χ0n) is 13.9.